The lowest BCUT2D eigenvalue weighted by Crippen LogP contribution is -2.33. The van der Waals surface area contributed by atoms with E-state index in [0.717, 1.165) is 25.0 Å². The Labute approximate surface area is 124 Å². The monoisotopic (exact) mass is 303 g/mol. The van der Waals surface area contributed by atoms with Crippen LogP contribution in [-0.2, 0) is 6.18 Å². The summed E-state index contributed by atoms with van der Waals surface area (Å²) in [5, 5.41) is 2.95. The molecule has 1 heterocycles. The summed E-state index contributed by atoms with van der Waals surface area (Å²) in [6, 6.07) is 2.35. The van der Waals surface area contributed by atoms with Crippen LogP contribution in [-0.4, -0.2) is 24.1 Å². The van der Waals surface area contributed by atoms with E-state index < -0.39 is 11.7 Å². The normalized spacial score (nSPS) is 13.1. The van der Waals surface area contributed by atoms with E-state index in [-0.39, 0.29) is 11.9 Å². The zero-order chi connectivity index (χ0) is 16.0. The summed E-state index contributed by atoms with van der Waals surface area (Å²) >= 11 is 0. The van der Waals surface area contributed by atoms with Gasteiger partial charge in [-0.2, -0.15) is 13.2 Å². The van der Waals surface area contributed by atoms with Crippen molar-refractivity contribution in [1.82, 2.24) is 4.98 Å². The maximum Gasteiger partial charge on any atom is 0.416 e. The molecular formula is C15H24F3N3. The molecular weight excluding hydrogens is 279 g/mol. The van der Waals surface area contributed by atoms with Crippen molar-refractivity contribution in [1.29, 1.82) is 0 Å². The molecule has 1 aromatic heterocycles. The highest BCUT2D eigenvalue weighted by atomic mass is 19.4. The zero-order valence-electron chi connectivity index (χ0n) is 13.1. The van der Waals surface area contributed by atoms with E-state index in [2.05, 4.69) is 10.3 Å². The van der Waals surface area contributed by atoms with Crippen LogP contribution in [0.4, 0.5) is 24.8 Å². The van der Waals surface area contributed by atoms with Gasteiger partial charge in [0.05, 0.1) is 5.56 Å². The highest BCUT2D eigenvalue weighted by Gasteiger charge is 2.32. The number of hydrogen-bond donors (Lipinski definition) is 1. The van der Waals surface area contributed by atoms with Crippen molar-refractivity contribution < 1.29 is 13.2 Å². The van der Waals surface area contributed by atoms with Crippen LogP contribution in [0.3, 0.4) is 0 Å². The number of alkyl halides is 3. The second-order valence-electron chi connectivity index (χ2n) is 5.07. The van der Waals surface area contributed by atoms with E-state index in [1.165, 1.54) is 0 Å². The summed E-state index contributed by atoms with van der Waals surface area (Å²) in [5.74, 6) is 0.656. The minimum absolute atomic E-state index is 0.144. The van der Waals surface area contributed by atoms with Gasteiger partial charge in [-0.05, 0) is 38.8 Å². The lowest BCUT2D eigenvalue weighted by Gasteiger charge is -2.29. The molecule has 0 aliphatic rings. The molecule has 0 radical (unpaired) electrons. The van der Waals surface area contributed by atoms with Crippen LogP contribution in [0.5, 0.6) is 0 Å². The molecule has 1 rings (SSSR count). The molecule has 0 aliphatic carbocycles. The van der Waals surface area contributed by atoms with Gasteiger partial charge >= 0.3 is 6.18 Å². The van der Waals surface area contributed by atoms with E-state index in [9.17, 15) is 13.2 Å². The van der Waals surface area contributed by atoms with Crippen molar-refractivity contribution in [3.63, 3.8) is 0 Å². The summed E-state index contributed by atoms with van der Waals surface area (Å²) < 4.78 is 39.1. The van der Waals surface area contributed by atoms with E-state index in [0.29, 0.717) is 18.9 Å². The minimum Gasteiger partial charge on any atom is -0.370 e. The molecule has 1 unspecified atom stereocenters. The molecule has 0 saturated carbocycles. The summed E-state index contributed by atoms with van der Waals surface area (Å²) in [6.45, 7) is 9.10. The highest BCUT2D eigenvalue weighted by molar-refractivity contribution is 5.51. The molecule has 0 saturated heterocycles. The first kappa shape index (κ1) is 17.6. The predicted octanol–water partition coefficient (Wildman–Crippen LogP) is 4.55. The maximum absolute atomic E-state index is 13.0. The number of aromatic nitrogens is 1. The molecule has 1 aromatic rings. The van der Waals surface area contributed by atoms with Crippen LogP contribution < -0.4 is 10.2 Å². The average molecular weight is 303 g/mol. The first-order chi connectivity index (χ1) is 9.83. The Morgan fingerprint density at radius 2 is 1.90 bits per heavy atom. The zero-order valence-corrected chi connectivity index (χ0v) is 13.1. The van der Waals surface area contributed by atoms with Crippen molar-refractivity contribution in [2.45, 2.75) is 52.8 Å². The van der Waals surface area contributed by atoms with Gasteiger partial charge in [-0.1, -0.05) is 13.8 Å². The van der Waals surface area contributed by atoms with Crippen LogP contribution in [0.25, 0.3) is 0 Å². The van der Waals surface area contributed by atoms with E-state index in [4.69, 9.17) is 0 Å². The third-order valence-electron chi connectivity index (χ3n) is 3.45. The lowest BCUT2D eigenvalue weighted by atomic mass is 10.2. The number of anilines is 2. The second kappa shape index (κ2) is 7.52. The molecule has 0 aromatic carbocycles. The fourth-order valence-electron chi connectivity index (χ4n) is 2.09. The molecule has 0 bridgehead atoms. The van der Waals surface area contributed by atoms with Gasteiger partial charge < -0.3 is 10.2 Å². The predicted molar refractivity (Wildman–Crippen MR) is 80.8 cm³/mol. The molecule has 0 fully saturated rings. The Kier molecular flexibility index (Phi) is 6.30. The van der Waals surface area contributed by atoms with Crippen molar-refractivity contribution in [3.05, 3.63) is 17.7 Å². The van der Waals surface area contributed by atoms with E-state index in [1.807, 2.05) is 32.6 Å². The molecule has 0 spiro atoms. The van der Waals surface area contributed by atoms with Gasteiger partial charge in [0.2, 0.25) is 0 Å². The second-order valence-corrected chi connectivity index (χ2v) is 5.07. The first-order valence-electron chi connectivity index (χ1n) is 7.43. The standard InChI is InChI=1S/C15H24F3N3/c1-5-8-19-13-9-12(15(16,17)18)10-14(20-13)21(7-3)11(4)6-2/h9-11H,5-8H2,1-4H3,(H,19,20). The van der Waals surface area contributed by atoms with E-state index >= 15 is 0 Å². The van der Waals surface area contributed by atoms with Crippen molar-refractivity contribution >= 4 is 11.6 Å². The number of nitrogens with zero attached hydrogens (tertiary/aromatic N) is 2. The Morgan fingerprint density at radius 3 is 2.38 bits per heavy atom. The van der Waals surface area contributed by atoms with Crippen LogP contribution in [0.2, 0.25) is 0 Å². The lowest BCUT2D eigenvalue weighted by molar-refractivity contribution is -0.137. The molecule has 21 heavy (non-hydrogen) atoms. The first-order valence-corrected chi connectivity index (χ1v) is 7.43. The Hall–Kier alpha value is -1.46. The number of hydrogen-bond acceptors (Lipinski definition) is 3. The van der Waals surface area contributed by atoms with Gasteiger partial charge in [-0.3, -0.25) is 0 Å². The highest BCUT2D eigenvalue weighted by Crippen LogP contribution is 2.33. The summed E-state index contributed by atoms with van der Waals surface area (Å²) in [6.07, 6.45) is -2.69. The third-order valence-corrected chi connectivity index (χ3v) is 3.45. The number of rotatable bonds is 7. The maximum atomic E-state index is 13.0. The smallest absolute Gasteiger partial charge is 0.370 e. The Balaban J connectivity index is 3.22. The van der Waals surface area contributed by atoms with Crippen molar-refractivity contribution in [2.75, 3.05) is 23.3 Å². The molecule has 1 atom stereocenters. The SMILES string of the molecule is CCCNc1cc(C(F)(F)F)cc(N(CC)C(C)CC)n1. The summed E-state index contributed by atoms with van der Waals surface area (Å²) in [4.78, 5) is 6.23. The number of halogens is 3. The fourth-order valence-corrected chi connectivity index (χ4v) is 2.09. The van der Waals surface area contributed by atoms with Crippen molar-refractivity contribution in [2.24, 2.45) is 0 Å². The van der Waals surface area contributed by atoms with Crippen LogP contribution in [0.15, 0.2) is 12.1 Å². The van der Waals surface area contributed by atoms with Gasteiger partial charge in [0.25, 0.3) is 0 Å². The quantitative estimate of drug-likeness (QED) is 0.801. The van der Waals surface area contributed by atoms with Crippen molar-refractivity contribution in [3.8, 4) is 0 Å². The molecule has 0 amide bonds. The van der Waals surface area contributed by atoms with Gasteiger partial charge in [0.1, 0.15) is 11.6 Å². The Morgan fingerprint density at radius 1 is 1.24 bits per heavy atom. The van der Waals surface area contributed by atoms with Crippen LogP contribution >= 0.6 is 0 Å². The summed E-state index contributed by atoms with van der Waals surface area (Å²) in [7, 11) is 0. The van der Waals surface area contributed by atoms with Gasteiger partial charge in [-0.15, -0.1) is 0 Å². The largest absolute Gasteiger partial charge is 0.416 e. The Bertz CT molecular complexity index is 446. The molecule has 6 heteroatoms. The molecule has 3 nitrogen and oxygen atoms in total. The number of pyridine rings is 1. The van der Waals surface area contributed by atoms with Gasteiger partial charge in [-0.25, -0.2) is 4.98 Å². The molecule has 120 valence electrons. The van der Waals surface area contributed by atoms with Crippen LogP contribution in [0, 0.1) is 0 Å². The number of nitrogens with one attached hydrogen (secondary N) is 1. The topological polar surface area (TPSA) is 28.2 Å². The van der Waals surface area contributed by atoms with Crippen LogP contribution in [0.1, 0.15) is 46.1 Å². The third kappa shape index (κ3) is 4.79. The average Bonchev–Trinajstić information content (AvgIpc) is 2.44. The molecule has 1 N–H and O–H groups in total. The minimum atomic E-state index is -4.37. The van der Waals surface area contributed by atoms with Gasteiger partial charge in [0, 0.05) is 19.1 Å². The summed E-state index contributed by atoms with van der Waals surface area (Å²) in [5.41, 5.74) is -0.659. The molecule has 0 aliphatic heterocycles. The van der Waals surface area contributed by atoms with E-state index in [1.54, 1.807) is 0 Å². The fraction of sp³-hybridized carbons (Fsp3) is 0.667. The van der Waals surface area contributed by atoms with Gasteiger partial charge in [0.15, 0.2) is 0 Å².